The Morgan fingerprint density at radius 2 is 0.919 bits per heavy atom. The first-order chi connectivity index (χ1) is 18.0. The van der Waals surface area contributed by atoms with E-state index in [1.165, 1.54) is 77.0 Å². The van der Waals surface area contributed by atoms with Crippen molar-refractivity contribution in [2.45, 2.75) is 130 Å². The van der Waals surface area contributed by atoms with Gasteiger partial charge in [0.15, 0.2) is 0 Å². The summed E-state index contributed by atoms with van der Waals surface area (Å²) >= 11 is 0. The van der Waals surface area contributed by atoms with Gasteiger partial charge in [0.25, 0.3) is 0 Å². The summed E-state index contributed by atoms with van der Waals surface area (Å²) in [7, 11) is 0. The van der Waals surface area contributed by atoms with E-state index in [2.05, 4.69) is 90.1 Å². The first kappa shape index (κ1) is 27.9. The standard InChI is InChI=1S/C37H52/c1-7-11-17-27-21-15-23-31-33(27)25-29(19-13-9-3)35(31)37(5,6)36-30(20-14-10-4)26-34-28(18-12-8-2)22-16-24-32(34)36/h15-16,21-26,35-36H,7-14,17-20H2,1-6H3. The second-order valence-corrected chi connectivity index (χ2v) is 12.4. The molecule has 2 aromatic carbocycles. The molecule has 0 saturated carbocycles. The summed E-state index contributed by atoms with van der Waals surface area (Å²) in [5.74, 6) is 0.992. The Hall–Kier alpha value is -2.08. The number of unbranched alkanes of at least 4 members (excludes halogenated alkanes) is 4. The van der Waals surface area contributed by atoms with Crippen molar-refractivity contribution in [3.63, 3.8) is 0 Å². The highest BCUT2D eigenvalue weighted by molar-refractivity contribution is 5.73. The van der Waals surface area contributed by atoms with E-state index in [1.54, 1.807) is 44.5 Å². The summed E-state index contributed by atoms with van der Waals surface area (Å²) in [6, 6.07) is 14.4. The molecule has 0 radical (unpaired) electrons. The Balaban J connectivity index is 1.80. The van der Waals surface area contributed by atoms with Crippen molar-refractivity contribution in [1.82, 2.24) is 0 Å². The minimum Gasteiger partial charge on any atom is -0.0654 e. The van der Waals surface area contributed by atoms with Gasteiger partial charge in [-0.15, -0.1) is 0 Å². The van der Waals surface area contributed by atoms with E-state index in [1.807, 2.05) is 0 Å². The molecule has 2 atom stereocenters. The Morgan fingerprint density at radius 1 is 0.541 bits per heavy atom. The van der Waals surface area contributed by atoms with Gasteiger partial charge in [0.1, 0.15) is 0 Å². The van der Waals surface area contributed by atoms with Crippen molar-refractivity contribution >= 4 is 12.2 Å². The number of hydrogen-bond acceptors (Lipinski definition) is 0. The van der Waals surface area contributed by atoms with Crippen LogP contribution in [0.25, 0.3) is 12.2 Å². The highest BCUT2D eigenvalue weighted by Crippen LogP contribution is 2.60. The van der Waals surface area contributed by atoms with Crippen molar-refractivity contribution in [1.29, 1.82) is 0 Å². The second-order valence-electron chi connectivity index (χ2n) is 12.4. The van der Waals surface area contributed by atoms with Crippen molar-refractivity contribution in [3.05, 3.63) is 80.9 Å². The summed E-state index contributed by atoms with van der Waals surface area (Å²) in [5, 5.41) is 0. The van der Waals surface area contributed by atoms with Gasteiger partial charge in [0.05, 0.1) is 0 Å². The van der Waals surface area contributed by atoms with Crippen molar-refractivity contribution in [3.8, 4) is 0 Å². The molecule has 0 amide bonds. The molecule has 0 aromatic heterocycles. The summed E-state index contributed by atoms with van der Waals surface area (Å²) in [4.78, 5) is 0. The monoisotopic (exact) mass is 496 g/mol. The fourth-order valence-electron chi connectivity index (χ4n) is 7.35. The van der Waals surface area contributed by atoms with Gasteiger partial charge in [0.2, 0.25) is 0 Å². The molecule has 2 aromatic rings. The first-order valence-corrected chi connectivity index (χ1v) is 15.6. The van der Waals surface area contributed by atoms with Gasteiger partial charge in [-0.2, -0.15) is 0 Å². The number of fused-ring (bicyclic) bond motifs is 2. The zero-order valence-corrected chi connectivity index (χ0v) is 24.8. The molecule has 2 aliphatic rings. The molecule has 200 valence electrons. The Kier molecular flexibility index (Phi) is 9.55. The van der Waals surface area contributed by atoms with Gasteiger partial charge in [-0.1, -0.05) is 127 Å². The highest BCUT2D eigenvalue weighted by atomic mass is 14.5. The second kappa shape index (κ2) is 12.6. The number of hydrogen-bond donors (Lipinski definition) is 0. The maximum absolute atomic E-state index is 2.63. The molecular weight excluding hydrogens is 444 g/mol. The lowest BCUT2D eigenvalue weighted by atomic mass is 9.61. The van der Waals surface area contributed by atoms with Crippen LogP contribution in [0.4, 0.5) is 0 Å². The van der Waals surface area contributed by atoms with Gasteiger partial charge in [-0.3, -0.25) is 0 Å². The van der Waals surface area contributed by atoms with Crippen LogP contribution >= 0.6 is 0 Å². The van der Waals surface area contributed by atoms with E-state index in [0.717, 1.165) is 0 Å². The molecule has 0 spiro atoms. The van der Waals surface area contributed by atoms with E-state index in [0.29, 0.717) is 11.8 Å². The van der Waals surface area contributed by atoms with Crippen LogP contribution in [0.2, 0.25) is 0 Å². The molecule has 37 heavy (non-hydrogen) atoms. The molecule has 0 bridgehead atoms. The van der Waals surface area contributed by atoms with Gasteiger partial charge in [-0.25, -0.2) is 0 Å². The maximum atomic E-state index is 2.63. The first-order valence-electron chi connectivity index (χ1n) is 15.6. The third kappa shape index (κ3) is 5.69. The molecule has 0 saturated heterocycles. The molecule has 0 N–H and O–H groups in total. The van der Waals surface area contributed by atoms with Crippen LogP contribution in [-0.2, 0) is 12.8 Å². The van der Waals surface area contributed by atoms with Crippen molar-refractivity contribution in [2.75, 3.05) is 0 Å². The van der Waals surface area contributed by atoms with E-state index < -0.39 is 0 Å². The minimum atomic E-state index is 0.127. The Labute approximate surface area is 228 Å². The van der Waals surface area contributed by atoms with Crippen molar-refractivity contribution in [2.24, 2.45) is 5.41 Å². The lowest BCUT2D eigenvalue weighted by molar-refractivity contribution is 0.267. The third-order valence-corrected chi connectivity index (χ3v) is 9.21. The maximum Gasteiger partial charge on any atom is 0.0118 e. The summed E-state index contributed by atoms with van der Waals surface area (Å²) in [5.41, 5.74) is 13.0. The van der Waals surface area contributed by atoms with Gasteiger partial charge >= 0.3 is 0 Å². The summed E-state index contributed by atoms with van der Waals surface area (Å²) in [6.07, 6.45) is 20.3. The molecule has 0 heteroatoms. The lowest BCUT2D eigenvalue weighted by Crippen LogP contribution is -2.30. The summed E-state index contributed by atoms with van der Waals surface area (Å²) in [6.45, 7) is 14.5. The largest absolute Gasteiger partial charge is 0.0654 e. The van der Waals surface area contributed by atoms with E-state index in [-0.39, 0.29) is 5.41 Å². The molecule has 0 aliphatic heterocycles. The van der Waals surface area contributed by atoms with E-state index in [9.17, 15) is 0 Å². The van der Waals surface area contributed by atoms with Crippen LogP contribution < -0.4 is 0 Å². The third-order valence-electron chi connectivity index (χ3n) is 9.21. The van der Waals surface area contributed by atoms with Gasteiger partial charge in [-0.05, 0) is 90.2 Å². The number of benzene rings is 2. The molecule has 4 rings (SSSR count). The highest BCUT2D eigenvalue weighted by Gasteiger charge is 2.46. The smallest absolute Gasteiger partial charge is 0.0118 e. The Morgan fingerprint density at radius 3 is 1.30 bits per heavy atom. The zero-order valence-electron chi connectivity index (χ0n) is 24.8. The number of rotatable bonds is 14. The van der Waals surface area contributed by atoms with Crippen LogP contribution in [0, 0.1) is 5.41 Å². The molecule has 0 heterocycles. The van der Waals surface area contributed by atoms with Crippen LogP contribution in [0.3, 0.4) is 0 Å². The SMILES string of the molecule is CCCCC1=Cc2c(CCCC)cccc2C1C(C)(C)C1C(CCCC)=Cc2c(CCCC)cccc21. The van der Waals surface area contributed by atoms with E-state index >= 15 is 0 Å². The molecule has 0 nitrogen and oxygen atoms in total. The van der Waals surface area contributed by atoms with Crippen LogP contribution in [-0.4, -0.2) is 0 Å². The van der Waals surface area contributed by atoms with Crippen LogP contribution in [0.15, 0.2) is 47.5 Å². The molecular formula is C37H52. The van der Waals surface area contributed by atoms with Crippen LogP contribution in [0.1, 0.15) is 151 Å². The predicted molar refractivity (Wildman–Crippen MR) is 164 cm³/mol. The topological polar surface area (TPSA) is 0 Å². The minimum absolute atomic E-state index is 0.127. The average molecular weight is 497 g/mol. The molecule has 2 aliphatic carbocycles. The lowest BCUT2D eigenvalue weighted by Gasteiger charge is -2.42. The summed E-state index contributed by atoms with van der Waals surface area (Å²) < 4.78 is 0. The number of allylic oxidation sites excluding steroid dienone is 2. The van der Waals surface area contributed by atoms with Crippen LogP contribution in [0.5, 0.6) is 0 Å². The van der Waals surface area contributed by atoms with Crippen molar-refractivity contribution < 1.29 is 0 Å². The fourth-order valence-corrected chi connectivity index (χ4v) is 7.35. The quantitative estimate of drug-likeness (QED) is 0.244. The Bertz CT molecular complexity index is 1020. The van der Waals surface area contributed by atoms with Gasteiger partial charge < -0.3 is 0 Å². The number of aryl methyl sites for hydroxylation is 2. The zero-order chi connectivity index (χ0) is 26.4. The molecule has 2 unspecified atom stereocenters. The van der Waals surface area contributed by atoms with E-state index in [4.69, 9.17) is 0 Å². The average Bonchev–Trinajstić information content (AvgIpc) is 3.47. The fraction of sp³-hybridized carbons (Fsp3) is 0.568. The normalized spacial score (nSPS) is 18.5. The predicted octanol–water partition coefficient (Wildman–Crippen LogP) is 11.4. The van der Waals surface area contributed by atoms with Gasteiger partial charge in [0, 0.05) is 11.8 Å². The molecule has 0 fully saturated rings.